The van der Waals surface area contributed by atoms with E-state index < -0.39 is 10.1 Å². The fourth-order valence-corrected chi connectivity index (χ4v) is 4.04. The molecule has 1 aromatic rings. The van der Waals surface area contributed by atoms with Gasteiger partial charge in [0.25, 0.3) is 0 Å². The number of benzene rings is 1. The van der Waals surface area contributed by atoms with Gasteiger partial charge in [-0.3, -0.25) is 0 Å². The molecule has 170 valence electrons. The number of nitrogens with zero attached hydrogens (tertiary/aromatic N) is 1. The summed E-state index contributed by atoms with van der Waals surface area (Å²) >= 11 is 3.58. The van der Waals surface area contributed by atoms with Crippen LogP contribution in [0.3, 0.4) is 0 Å². The summed E-state index contributed by atoms with van der Waals surface area (Å²) in [4.78, 5) is -0.178. The summed E-state index contributed by atoms with van der Waals surface area (Å²) in [6, 6.07) is 5.78. The van der Waals surface area contributed by atoms with E-state index in [1.165, 1.54) is 94.0 Å². The minimum Gasteiger partial charge on any atom is -0.744 e. The van der Waals surface area contributed by atoms with E-state index >= 15 is 0 Å². The highest BCUT2D eigenvalue weighted by molar-refractivity contribution is 9.09. The third-order valence-corrected chi connectivity index (χ3v) is 6.65. The van der Waals surface area contributed by atoms with Crippen molar-refractivity contribution in [2.75, 3.05) is 32.0 Å². The van der Waals surface area contributed by atoms with E-state index in [1.807, 2.05) is 6.92 Å². The monoisotopic (exact) mass is 491 g/mol. The van der Waals surface area contributed by atoms with Crippen molar-refractivity contribution >= 4 is 26.0 Å². The molecule has 0 saturated carbocycles. The van der Waals surface area contributed by atoms with Crippen molar-refractivity contribution in [3.8, 4) is 0 Å². The summed E-state index contributed by atoms with van der Waals surface area (Å²) in [5.74, 6) is 0. The maximum absolute atomic E-state index is 10.4. The molecule has 0 fully saturated rings. The molecule has 4 nitrogen and oxygen atoms in total. The van der Waals surface area contributed by atoms with Crippen molar-refractivity contribution in [3.05, 3.63) is 29.8 Å². The van der Waals surface area contributed by atoms with Gasteiger partial charge in [-0.2, -0.15) is 0 Å². The second-order valence-electron chi connectivity index (χ2n) is 8.22. The number of aryl methyl sites for hydroxylation is 1. The molecule has 0 heterocycles. The number of rotatable bonds is 14. The Kier molecular flexibility index (Phi) is 16.0. The Balaban J connectivity index is 0.000000604. The van der Waals surface area contributed by atoms with E-state index in [2.05, 4.69) is 36.8 Å². The molecule has 1 unspecified atom stereocenters. The lowest BCUT2D eigenvalue weighted by molar-refractivity contribution is -0.910. The van der Waals surface area contributed by atoms with Crippen LogP contribution in [0.25, 0.3) is 0 Å². The van der Waals surface area contributed by atoms with Crippen LogP contribution in [-0.2, 0) is 10.1 Å². The lowest BCUT2D eigenvalue weighted by atomic mass is 10.1. The van der Waals surface area contributed by atoms with Gasteiger partial charge in [-0.25, -0.2) is 8.42 Å². The zero-order valence-electron chi connectivity index (χ0n) is 19.0. The summed E-state index contributed by atoms with van der Waals surface area (Å²) in [7, 11) is -1.80. The Hall–Kier alpha value is -0.430. The van der Waals surface area contributed by atoms with Gasteiger partial charge in [0.2, 0.25) is 0 Å². The van der Waals surface area contributed by atoms with Gasteiger partial charge < -0.3 is 9.04 Å². The quantitative estimate of drug-likeness (QED) is 0.133. The van der Waals surface area contributed by atoms with Gasteiger partial charge >= 0.3 is 0 Å². The highest BCUT2D eigenvalue weighted by Gasteiger charge is 2.19. The zero-order valence-corrected chi connectivity index (χ0v) is 21.4. The lowest BCUT2D eigenvalue weighted by Crippen LogP contribution is -2.46. The summed E-state index contributed by atoms with van der Waals surface area (Å²) in [6.45, 7) is 10.5. The van der Waals surface area contributed by atoms with Crippen LogP contribution in [0.2, 0.25) is 0 Å². The summed E-state index contributed by atoms with van der Waals surface area (Å²) in [5.41, 5.74) is 0.928. The predicted octanol–water partition coefficient (Wildman–Crippen LogP) is 6.28. The largest absolute Gasteiger partial charge is 0.744 e. The van der Waals surface area contributed by atoms with Crippen LogP contribution in [-0.4, -0.2) is 49.5 Å². The van der Waals surface area contributed by atoms with Crippen LogP contribution in [0.4, 0.5) is 0 Å². The van der Waals surface area contributed by atoms with E-state index in [1.54, 1.807) is 12.1 Å². The molecule has 0 aromatic heterocycles. The maximum Gasteiger partial charge on any atom is 0.124 e. The first-order chi connectivity index (χ1) is 13.7. The van der Waals surface area contributed by atoms with Crippen LogP contribution in [0, 0.1) is 6.92 Å². The molecule has 6 heteroatoms. The van der Waals surface area contributed by atoms with Gasteiger partial charge in [0.15, 0.2) is 0 Å². The van der Waals surface area contributed by atoms with Crippen molar-refractivity contribution in [1.29, 1.82) is 0 Å². The van der Waals surface area contributed by atoms with Gasteiger partial charge in [0, 0.05) is 11.8 Å². The molecule has 29 heavy (non-hydrogen) atoms. The Morgan fingerprint density at radius 1 is 0.828 bits per heavy atom. The highest BCUT2D eigenvalue weighted by Crippen LogP contribution is 2.13. The van der Waals surface area contributed by atoms with Gasteiger partial charge in [-0.15, -0.1) is 0 Å². The predicted molar refractivity (Wildman–Crippen MR) is 127 cm³/mol. The smallest absolute Gasteiger partial charge is 0.124 e. The molecule has 1 atom stereocenters. The average Bonchev–Trinajstić information content (AvgIpc) is 2.67. The number of hydrogen-bond acceptors (Lipinski definition) is 3. The number of hydrogen-bond donors (Lipinski definition) is 0. The number of halogens is 1. The molecule has 0 spiro atoms. The van der Waals surface area contributed by atoms with Crippen molar-refractivity contribution < 1.29 is 17.5 Å². The van der Waals surface area contributed by atoms with Gasteiger partial charge in [-0.1, -0.05) is 73.2 Å². The first-order valence-corrected chi connectivity index (χ1v) is 13.6. The van der Waals surface area contributed by atoms with Crippen LogP contribution in [0.15, 0.2) is 29.2 Å². The fraction of sp³-hybridized carbons (Fsp3) is 0.739. The molecule has 1 aromatic carbocycles. The van der Waals surface area contributed by atoms with Crippen molar-refractivity contribution in [3.63, 3.8) is 0 Å². The average molecular weight is 493 g/mol. The van der Waals surface area contributed by atoms with Crippen LogP contribution in [0.1, 0.15) is 77.2 Å². The molecule has 0 aliphatic carbocycles. The van der Waals surface area contributed by atoms with Gasteiger partial charge in [0.1, 0.15) is 10.1 Å². The van der Waals surface area contributed by atoms with E-state index in [9.17, 15) is 13.0 Å². The summed E-state index contributed by atoms with van der Waals surface area (Å²) in [5, 5.41) is 1.16. The topological polar surface area (TPSA) is 57.2 Å². The normalized spacial score (nSPS) is 13.4. The van der Waals surface area contributed by atoms with Crippen molar-refractivity contribution in [2.45, 2.75) is 83.5 Å². The summed E-state index contributed by atoms with van der Waals surface area (Å²) in [6.07, 6.45) is 12.5. The molecule has 0 N–H and O–H groups in total. The first kappa shape index (κ1) is 28.6. The third kappa shape index (κ3) is 15.1. The number of unbranched alkanes of at least 4 members (excludes halogenated alkanes) is 6. The molecule has 0 bridgehead atoms. The second kappa shape index (κ2) is 16.3. The van der Waals surface area contributed by atoms with Gasteiger partial charge in [-0.05, 0) is 44.7 Å². The van der Waals surface area contributed by atoms with Crippen LogP contribution >= 0.6 is 15.9 Å². The molecular weight excluding hydrogens is 450 g/mol. The molecule has 0 aliphatic rings. The maximum atomic E-state index is 10.4. The van der Waals surface area contributed by atoms with Crippen LogP contribution in [0.5, 0.6) is 0 Å². The van der Waals surface area contributed by atoms with E-state index in [-0.39, 0.29) is 4.90 Å². The van der Waals surface area contributed by atoms with Crippen molar-refractivity contribution in [2.24, 2.45) is 0 Å². The Morgan fingerprint density at radius 3 is 1.76 bits per heavy atom. The van der Waals surface area contributed by atoms with Crippen molar-refractivity contribution in [1.82, 2.24) is 0 Å². The highest BCUT2D eigenvalue weighted by atomic mass is 79.9. The molecule has 0 aliphatic heterocycles. The minimum atomic E-state index is -4.27. The van der Waals surface area contributed by atoms with E-state index in [4.69, 9.17) is 0 Å². The zero-order chi connectivity index (χ0) is 22.2. The Labute approximate surface area is 188 Å². The Morgan fingerprint density at radius 2 is 1.28 bits per heavy atom. The lowest BCUT2D eigenvalue weighted by Gasteiger charge is -2.35. The standard InChI is InChI=1S/C16H35BrN.C7H8O3S/c1-4-6-8-9-11-15-18(3,16-12-13-17)14-10-7-5-2;1-6-2-4-7(5-3-6)11(8,9)10/h4-16H2,1-3H3;2-5H,1H3,(H,8,9,10)/q+1;/p-1. The molecular formula is C23H42BrNO3S. The molecule has 0 saturated heterocycles. The SMILES string of the molecule is CCCCCCC[N+](C)(CCCBr)CCCCC.Cc1ccc(S(=O)(=O)[O-])cc1. The second-order valence-corrected chi connectivity index (χ2v) is 10.4. The van der Waals surface area contributed by atoms with Gasteiger partial charge in [0.05, 0.1) is 31.6 Å². The Bertz CT molecular complexity index is 620. The first-order valence-electron chi connectivity index (χ1n) is 11.1. The molecule has 1 rings (SSSR count). The molecule has 0 radical (unpaired) electrons. The summed E-state index contributed by atoms with van der Waals surface area (Å²) < 4.78 is 32.5. The van der Waals surface area contributed by atoms with Crippen LogP contribution < -0.4 is 0 Å². The van der Waals surface area contributed by atoms with E-state index in [0.717, 1.165) is 10.9 Å². The molecule has 0 amide bonds. The minimum absolute atomic E-state index is 0.178. The third-order valence-electron chi connectivity index (χ3n) is 5.24. The number of alkyl halides is 1. The fourth-order valence-electron chi connectivity index (χ4n) is 3.32. The number of quaternary nitrogens is 1. The van der Waals surface area contributed by atoms with E-state index in [0.29, 0.717) is 0 Å².